The molecule has 0 heterocycles. The first-order valence-corrected chi connectivity index (χ1v) is 4.84. The summed E-state index contributed by atoms with van der Waals surface area (Å²) in [5.74, 6) is -0.704. The van der Waals surface area contributed by atoms with E-state index in [2.05, 4.69) is 0 Å². The molecule has 16 heavy (non-hydrogen) atoms. The molecule has 1 unspecified atom stereocenters. The van der Waals surface area contributed by atoms with Crippen LogP contribution < -0.4 is 10.6 Å². The second kappa shape index (κ2) is 5.58. The van der Waals surface area contributed by atoms with Crippen molar-refractivity contribution in [3.05, 3.63) is 30.1 Å². The Morgan fingerprint density at radius 2 is 2.31 bits per heavy atom. The normalized spacial score (nSPS) is 12.2. The number of halogens is 1. The highest BCUT2D eigenvalue weighted by molar-refractivity contribution is 5.96. The summed E-state index contributed by atoms with van der Waals surface area (Å²) >= 11 is 0. The maximum atomic E-state index is 12.9. The number of methoxy groups -OCH3 is 1. The standard InChI is InChI=1S/C11H15FN2O2/c1-14(11(15)10(13)7-16-2)9-5-3-4-8(12)6-9/h3-6,10H,7,13H2,1-2H3. The summed E-state index contributed by atoms with van der Waals surface area (Å²) in [5, 5.41) is 0. The molecule has 1 atom stereocenters. The number of amides is 1. The van der Waals surface area contributed by atoms with E-state index in [-0.39, 0.29) is 12.5 Å². The first-order valence-electron chi connectivity index (χ1n) is 4.84. The molecule has 0 bridgehead atoms. The lowest BCUT2D eigenvalue weighted by Gasteiger charge is -2.20. The summed E-state index contributed by atoms with van der Waals surface area (Å²) in [7, 11) is 3.02. The summed E-state index contributed by atoms with van der Waals surface area (Å²) in [6, 6.07) is 5.03. The second-order valence-electron chi connectivity index (χ2n) is 3.44. The van der Waals surface area contributed by atoms with Gasteiger partial charge in [0.05, 0.1) is 6.61 Å². The van der Waals surface area contributed by atoms with Crippen LogP contribution in [0.25, 0.3) is 0 Å². The summed E-state index contributed by atoms with van der Waals surface area (Å²) in [5.41, 5.74) is 6.06. The lowest BCUT2D eigenvalue weighted by Crippen LogP contribution is -2.44. The first kappa shape index (κ1) is 12.6. The van der Waals surface area contributed by atoms with E-state index < -0.39 is 11.9 Å². The van der Waals surface area contributed by atoms with E-state index in [0.29, 0.717) is 5.69 Å². The molecule has 0 aromatic heterocycles. The molecule has 4 nitrogen and oxygen atoms in total. The average Bonchev–Trinajstić information content (AvgIpc) is 2.27. The van der Waals surface area contributed by atoms with Crippen LogP contribution >= 0.6 is 0 Å². The SMILES string of the molecule is COCC(N)C(=O)N(C)c1cccc(F)c1. The summed E-state index contributed by atoms with van der Waals surface area (Å²) < 4.78 is 17.7. The van der Waals surface area contributed by atoms with Crippen LogP contribution in [0.4, 0.5) is 10.1 Å². The maximum Gasteiger partial charge on any atom is 0.246 e. The molecule has 1 amide bonds. The van der Waals surface area contributed by atoms with Gasteiger partial charge in [0.1, 0.15) is 11.9 Å². The van der Waals surface area contributed by atoms with Crippen molar-refractivity contribution < 1.29 is 13.9 Å². The van der Waals surface area contributed by atoms with Crippen LogP contribution in [0.2, 0.25) is 0 Å². The van der Waals surface area contributed by atoms with Crippen LogP contribution in [0.15, 0.2) is 24.3 Å². The Balaban J connectivity index is 2.77. The molecule has 88 valence electrons. The monoisotopic (exact) mass is 226 g/mol. The molecule has 0 aliphatic heterocycles. The van der Waals surface area contributed by atoms with Crippen molar-refractivity contribution in [2.75, 3.05) is 25.7 Å². The van der Waals surface area contributed by atoms with Gasteiger partial charge in [-0.05, 0) is 18.2 Å². The van der Waals surface area contributed by atoms with E-state index in [1.807, 2.05) is 0 Å². The van der Waals surface area contributed by atoms with Gasteiger partial charge in [0.25, 0.3) is 0 Å². The fourth-order valence-corrected chi connectivity index (χ4v) is 1.31. The van der Waals surface area contributed by atoms with Gasteiger partial charge in [-0.2, -0.15) is 0 Å². The van der Waals surface area contributed by atoms with Crippen LogP contribution in [0.5, 0.6) is 0 Å². The van der Waals surface area contributed by atoms with Gasteiger partial charge in [-0.25, -0.2) is 4.39 Å². The van der Waals surface area contributed by atoms with Gasteiger partial charge >= 0.3 is 0 Å². The van der Waals surface area contributed by atoms with Crippen LogP contribution in [0.1, 0.15) is 0 Å². The predicted molar refractivity (Wildman–Crippen MR) is 59.7 cm³/mol. The minimum Gasteiger partial charge on any atom is -0.383 e. The quantitative estimate of drug-likeness (QED) is 0.824. The maximum absolute atomic E-state index is 12.9. The highest BCUT2D eigenvalue weighted by Crippen LogP contribution is 2.14. The Kier molecular flexibility index (Phi) is 4.39. The molecule has 5 heteroatoms. The van der Waals surface area contributed by atoms with Crippen molar-refractivity contribution in [2.45, 2.75) is 6.04 Å². The number of ether oxygens (including phenoxy) is 1. The number of hydrogen-bond acceptors (Lipinski definition) is 3. The van der Waals surface area contributed by atoms with E-state index in [4.69, 9.17) is 10.5 Å². The average molecular weight is 226 g/mol. The molecule has 0 fully saturated rings. The minimum atomic E-state index is -0.738. The molecule has 0 spiro atoms. The number of carbonyl (C=O) groups is 1. The van der Waals surface area contributed by atoms with Gasteiger partial charge in [-0.1, -0.05) is 6.07 Å². The van der Waals surface area contributed by atoms with E-state index in [1.165, 1.54) is 30.2 Å². The summed E-state index contributed by atoms with van der Waals surface area (Å²) in [6.07, 6.45) is 0. The highest BCUT2D eigenvalue weighted by atomic mass is 19.1. The molecular weight excluding hydrogens is 211 g/mol. The van der Waals surface area contributed by atoms with Crippen LogP contribution in [-0.4, -0.2) is 32.7 Å². The van der Waals surface area contributed by atoms with Gasteiger partial charge in [0, 0.05) is 19.8 Å². The van der Waals surface area contributed by atoms with E-state index in [1.54, 1.807) is 13.1 Å². The van der Waals surface area contributed by atoms with E-state index in [0.717, 1.165) is 0 Å². The van der Waals surface area contributed by atoms with Crippen molar-refractivity contribution in [1.29, 1.82) is 0 Å². The summed E-state index contributed by atoms with van der Waals surface area (Å²) in [4.78, 5) is 13.1. The minimum absolute atomic E-state index is 0.137. The lowest BCUT2D eigenvalue weighted by atomic mass is 10.2. The largest absolute Gasteiger partial charge is 0.383 e. The van der Waals surface area contributed by atoms with E-state index in [9.17, 15) is 9.18 Å². The molecule has 0 radical (unpaired) electrons. The molecule has 1 rings (SSSR count). The lowest BCUT2D eigenvalue weighted by molar-refractivity contribution is -0.120. The number of nitrogens with two attached hydrogens (primary N) is 1. The van der Waals surface area contributed by atoms with Gasteiger partial charge in [0.15, 0.2) is 0 Å². The number of anilines is 1. The Bertz CT molecular complexity index is 371. The molecule has 1 aromatic carbocycles. The van der Waals surface area contributed by atoms with Crippen molar-refractivity contribution in [1.82, 2.24) is 0 Å². The molecule has 0 aliphatic rings. The first-order chi connectivity index (χ1) is 7.56. The second-order valence-corrected chi connectivity index (χ2v) is 3.44. The zero-order chi connectivity index (χ0) is 12.1. The Morgan fingerprint density at radius 1 is 1.62 bits per heavy atom. The third-order valence-electron chi connectivity index (χ3n) is 2.19. The van der Waals surface area contributed by atoms with Crippen molar-refractivity contribution in [3.8, 4) is 0 Å². The third-order valence-corrected chi connectivity index (χ3v) is 2.19. The van der Waals surface area contributed by atoms with Crippen molar-refractivity contribution in [3.63, 3.8) is 0 Å². The highest BCUT2D eigenvalue weighted by Gasteiger charge is 2.19. The van der Waals surface area contributed by atoms with Crippen LogP contribution in [-0.2, 0) is 9.53 Å². The fourth-order valence-electron chi connectivity index (χ4n) is 1.31. The van der Waals surface area contributed by atoms with Gasteiger partial charge in [0.2, 0.25) is 5.91 Å². The number of hydrogen-bond donors (Lipinski definition) is 1. The Hall–Kier alpha value is -1.46. The number of benzene rings is 1. The molecule has 0 saturated carbocycles. The van der Waals surface area contributed by atoms with Crippen molar-refractivity contribution in [2.24, 2.45) is 5.73 Å². The van der Waals surface area contributed by atoms with Crippen molar-refractivity contribution >= 4 is 11.6 Å². The smallest absolute Gasteiger partial charge is 0.246 e. The molecule has 0 saturated heterocycles. The Labute approximate surface area is 93.8 Å². The molecule has 2 N–H and O–H groups in total. The van der Waals surface area contributed by atoms with Crippen LogP contribution in [0.3, 0.4) is 0 Å². The van der Waals surface area contributed by atoms with Gasteiger partial charge < -0.3 is 15.4 Å². The van der Waals surface area contributed by atoms with Gasteiger partial charge in [-0.3, -0.25) is 4.79 Å². The molecule has 0 aliphatic carbocycles. The zero-order valence-corrected chi connectivity index (χ0v) is 9.31. The summed E-state index contributed by atoms with van der Waals surface area (Å²) in [6.45, 7) is 0.137. The Morgan fingerprint density at radius 3 is 2.88 bits per heavy atom. The van der Waals surface area contributed by atoms with Crippen LogP contribution in [0, 0.1) is 5.82 Å². The number of carbonyl (C=O) groups excluding carboxylic acids is 1. The topological polar surface area (TPSA) is 55.6 Å². The predicted octanol–water partition coefficient (Wildman–Crippen LogP) is 0.762. The number of likely N-dealkylation sites (N-methyl/N-ethyl adjacent to an activating group) is 1. The molecule has 1 aromatic rings. The molecular formula is C11H15FN2O2. The fraction of sp³-hybridized carbons (Fsp3) is 0.364. The number of rotatable bonds is 4. The van der Waals surface area contributed by atoms with E-state index >= 15 is 0 Å². The zero-order valence-electron chi connectivity index (χ0n) is 9.31. The number of nitrogens with zero attached hydrogens (tertiary/aromatic N) is 1. The van der Waals surface area contributed by atoms with Gasteiger partial charge in [-0.15, -0.1) is 0 Å². The third kappa shape index (κ3) is 3.01.